The lowest BCUT2D eigenvalue weighted by atomic mass is 10.0. The molecular weight excluding hydrogens is 312 g/mol. The minimum atomic E-state index is -0.234. The molecule has 1 aromatic heterocycles. The van der Waals surface area contributed by atoms with Gasteiger partial charge in [0.15, 0.2) is 0 Å². The number of imidazole rings is 1. The van der Waals surface area contributed by atoms with E-state index in [9.17, 15) is 4.79 Å². The van der Waals surface area contributed by atoms with E-state index in [-0.39, 0.29) is 11.8 Å². The zero-order valence-corrected chi connectivity index (χ0v) is 14.7. The van der Waals surface area contributed by atoms with Crippen LogP contribution in [0.3, 0.4) is 0 Å². The number of aromatic nitrogens is 2. The zero-order chi connectivity index (χ0) is 17.8. The first kappa shape index (κ1) is 16.9. The van der Waals surface area contributed by atoms with Crippen LogP contribution in [-0.2, 0) is 6.54 Å². The molecule has 128 valence electrons. The van der Waals surface area contributed by atoms with Gasteiger partial charge in [-0.05, 0) is 37.6 Å². The molecule has 0 spiro atoms. The molecule has 1 amide bonds. The molecule has 0 aliphatic carbocycles. The fourth-order valence-corrected chi connectivity index (χ4v) is 2.91. The van der Waals surface area contributed by atoms with Crippen LogP contribution < -0.4 is 5.43 Å². The highest BCUT2D eigenvalue weighted by Gasteiger charge is 2.10. The van der Waals surface area contributed by atoms with Gasteiger partial charge in [-0.15, -0.1) is 0 Å². The quantitative estimate of drug-likeness (QED) is 0.568. The fourth-order valence-electron chi connectivity index (χ4n) is 2.91. The SMILES string of the molecule is CCn1c(C)nc2cc(C(=O)N/N=C\[C@@H](C)c3ccccc3)ccc21. The average molecular weight is 334 g/mol. The lowest BCUT2D eigenvalue weighted by molar-refractivity contribution is 0.0955. The summed E-state index contributed by atoms with van der Waals surface area (Å²) in [6, 6.07) is 15.6. The number of benzene rings is 2. The van der Waals surface area contributed by atoms with Gasteiger partial charge in [-0.3, -0.25) is 4.79 Å². The molecule has 0 aliphatic heterocycles. The molecule has 1 atom stereocenters. The van der Waals surface area contributed by atoms with E-state index in [1.54, 1.807) is 18.3 Å². The highest BCUT2D eigenvalue weighted by atomic mass is 16.2. The monoisotopic (exact) mass is 334 g/mol. The maximum absolute atomic E-state index is 12.3. The molecule has 0 fully saturated rings. The summed E-state index contributed by atoms with van der Waals surface area (Å²) < 4.78 is 2.12. The molecule has 0 aliphatic rings. The van der Waals surface area contributed by atoms with Gasteiger partial charge in [-0.2, -0.15) is 5.10 Å². The molecule has 0 bridgehead atoms. The van der Waals surface area contributed by atoms with Crippen LogP contribution >= 0.6 is 0 Å². The Morgan fingerprint density at radius 1 is 1.28 bits per heavy atom. The second-order valence-electron chi connectivity index (χ2n) is 6.03. The molecule has 5 nitrogen and oxygen atoms in total. The first-order valence-electron chi connectivity index (χ1n) is 8.45. The van der Waals surface area contributed by atoms with E-state index in [4.69, 9.17) is 0 Å². The number of hydrazone groups is 1. The molecule has 3 aromatic rings. The Bertz CT molecular complexity index is 912. The van der Waals surface area contributed by atoms with E-state index in [0.717, 1.165) is 29.0 Å². The predicted molar refractivity (Wildman–Crippen MR) is 101 cm³/mol. The number of rotatable bonds is 5. The molecule has 0 saturated carbocycles. The largest absolute Gasteiger partial charge is 0.329 e. The van der Waals surface area contributed by atoms with Crippen molar-refractivity contribution in [3.8, 4) is 0 Å². The maximum atomic E-state index is 12.3. The van der Waals surface area contributed by atoms with Crippen molar-refractivity contribution < 1.29 is 4.79 Å². The maximum Gasteiger partial charge on any atom is 0.271 e. The van der Waals surface area contributed by atoms with Gasteiger partial charge in [0.1, 0.15) is 5.82 Å². The van der Waals surface area contributed by atoms with Gasteiger partial charge >= 0.3 is 0 Å². The van der Waals surface area contributed by atoms with Crippen LogP contribution in [-0.4, -0.2) is 21.7 Å². The first-order chi connectivity index (χ1) is 12.1. The van der Waals surface area contributed by atoms with Crippen molar-refractivity contribution in [3.05, 3.63) is 65.5 Å². The normalized spacial score (nSPS) is 12.6. The molecule has 0 radical (unpaired) electrons. The number of hydrogen-bond donors (Lipinski definition) is 1. The number of nitrogens with zero attached hydrogens (tertiary/aromatic N) is 3. The summed E-state index contributed by atoms with van der Waals surface area (Å²) in [5.41, 5.74) is 6.17. The number of amides is 1. The van der Waals surface area contributed by atoms with Crippen molar-refractivity contribution in [2.75, 3.05) is 0 Å². The van der Waals surface area contributed by atoms with E-state index in [1.807, 2.05) is 50.2 Å². The lowest BCUT2D eigenvalue weighted by Gasteiger charge is -2.06. The summed E-state index contributed by atoms with van der Waals surface area (Å²) in [4.78, 5) is 16.8. The summed E-state index contributed by atoms with van der Waals surface area (Å²) in [7, 11) is 0. The average Bonchev–Trinajstić information content (AvgIpc) is 2.96. The van der Waals surface area contributed by atoms with E-state index in [1.165, 1.54) is 0 Å². The van der Waals surface area contributed by atoms with Crippen LogP contribution in [0.15, 0.2) is 53.6 Å². The van der Waals surface area contributed by atoms with Crippen LogP contribution in [0.1, 0.15) is 41.5 Å². The van der Waals surface area contributed by atoms with Gasteiger partial charge in [0.25, 0.3) is 5.91 Å². The zero-order valence-electron chi connectivity index (χ0n) is 14.7. The first-order valence-corrected chi connectivity index (χ1v) is 8.45. The number of carbonyl (C=O) groups is 1. The Morgan fingerprint density at radius 2 is 2.04 bits per heavy atom. The predicted octanol–water partition coefficient (Wildman–Crippen LogP) is 3.88. The van der Waals surface area contributed by atoms with Gasteiger partial charge in [0.05, 0.1) is 11.0 Å². The highest BCUT2D eigenvalue weighted by Crippen LogP contribution is 2.18. The van der Waals surface area contributed by atoms with Crippen molar-refractivity contribution in [3.63, 3.8) is 0 Å². The number of nitrogens with one attached hydrogen (secondary N) is 1. The number of hydrogen-bond acceptors (Lipinski definition) is 3. The summed E-state index contributed by atoms with van der Waals surface area (Å²) in [6.07, 6.45) is 1.74. The van der Waals surface area contributed by atoms with Crippen LogP contribution in [0.25, 0.3) is 11.0 Å². The minimum absolute atomic E-state index is 0.131. The van der Waals surface area contributed by atoms with Crippen LogP contribution in [0.5, 0.6) is 0 Å². The summed E-state index contributed by atoms with van der Waals surface area (Å²) in [6.45, 7) is 6.95. The molecule has 5 heteroatoms. The van der Waals surface area contributed by atoms with Gasteiger partial charge in [0.2, 0.25) is 0 Å². The number of carbonyl (C=O) groups excluding carboxylic acids is 1. The Hall–Kier alpha value is -2.95. The molecule has 25 heavy (non-hydrogen) atoms. The number of aryl methyl sites for hydroxylation is 2. The Kier molecular flexibility index (Phi) is 4.93. The minimum Gasteiger partial charge on any atom is -0.329 e. The topological polar surface area (TPSA) is 59.3 Å². The third-order valence-electron chi connectivity index (χ3n) is 4.31. The smallest absolute Gasteiger partial charge is 0.271 e. The van der Waals surface area contributed by atoms with Crippen LogP contribution in [0.2, 0.25) is 0 Å². The second-order valence-corrected chi connectivity index (χ2v) is 6.03. The van der Waals surface area contributed by atoms with Crippen molar-refractivity contribution in [1.29, 1.82) is 0 Å². The van der Waals surface area contributed by atoms with E-state index < -0.39 is 0 Å². The molecule has 0 unspecified atom stereocenters. The molecular formula is C20H22N4O. The molecule has 1 heterocycles. The van der Waals surface area contributed by atoms with Gasteiger partial charge in [-0.25, -0.2) is 10.4 Å². The standard InChI is InChI=1S/C20H22N4O/c1-4-24-15(3)22-18-12-17(10-11-19(18)24)20(25)23-21-13-14(2)16-8-6-5-7-9-16/h5-14H,4H2,1-3H3,(H,23,25)/b21-13-/t14-/m1/s1. The molecule has 1 N–H and O–H groups in total. The van der Waals surface area contributed by atoms with Gasteiger partial charge < -0.3 is 4.57 Å². The summed E-state index contributed by atoms with van der Waals surface area (Å²) >= 11 is 0. The third kappa shape index (κ3) is 3.60. The Labute approximate surface area is 147 Å². The van der Waals surface area contributed by atoms with Gasteiger partial charge in [-0.1, -0.05) is 37.3 Å². The van der Waals surface area contributed by atoms with Crippen molar-refractivity contribution >= 4 is 23.2 Å². The van der Waals surface area contributed by atoms with Crippen LogP contribution in [0.4, 0.5) is 0 Å². The van der Waals surface area contributed by atoms with E-state index in [2.05, 4.69) is 27.0 Å². The summed E-state index contributed by atoms with van der Waals surface area (Å²) in [5.74, 6) is 0.846. The van der Waals surface area contributed by atoms with Crippen LogP contribution in [0, 0.1) is 6.92 Å². The Morgan fingerprint density at radius 3 is 2.76 bits per heavy atom. The molecule has 0 saturated heterocycles. The summed E-state index contributed by atoms with van der Waals surface area (Å²) in [5, 5.41) is 4.09. The molecule has 3 rings (SSSR count). The van der Waals surface area contributed by atoms with Gasteiger partial charge in [0, 0.05) is 24.2 Å². The van der Waals surface area contributed by atoms with Crippen molar-refractivity contribution in [2.45, 2.75) is 33.2 Å². The lowest BCUT2D eigenvalue weighted by Crippen LogP contribution is -2.18. The number of fused-ring (bicyclic) bond motifs is 1. The highest BCUT2D eigenvalue weighted by molar-refractivity contribution is 5.97. The Balaban J connectivity index is 1.71. The van der Waals surface area contributed by atoms with Crippen molar-refractivity contribution in [1.82, 2.24) is 15.0 Å². The second kappa shape index (κ2) is 7.30. The van der Waals surface area contributed by atoms with E-state index in [0.29, 0.717) is 5.56 Å². The van der Waals surface area contributed by atoms with E-state index >= 15 is 0 Å². The molecule has 2 aromatic carbocycles. The third-order valence-corrected chi connectivity index (χ3v) is 4.31. The van der Waals surface area contributed by atoms with Crippen molar-refractivity contribution in [2.24, 2.45) is 5.10 Å². The fraction of sp³-hybridized carbons (Fsp3) is 0.250.